The van der Waals surface area contributed by atoms with Gasteiger partial charge in [0.25, 0.3) is 0 Å². The number of benzene rings is 2. The van der Waals surface area contributed by atoms with E-state index in [9.17, 15) is 19.8 Å². The summed E-state index contributed by atoms with van der Waals surface area (Å²) in [6, 6.07) is 17.4. The third kappa shape index (κ3) is 2.44. The Morgan fingerprint density at radius 2 is 1.00 bits per heavy atom. The number of carbonyl (C=O) groups is 2. The molecule has 30 heavy (non-hydrogen) atoms. The van der Waals surface area contributed by atoms with E-state index >= 15 is 0 Å². The predicted octanol–water partition coefficient (Wildman–Crippen LogP) is 2.51. The molecule has 2 N–H and O–H groups in total. The molecular weight excluding hydrogens is 384 g/mol. The molecular formula is C24H22O6. The maximum absolute atomic E-state index is 13.2. The van der Waals surface area contributed by atoms with E-state index in [2.05, 4.69) is 0 Å². The Kier molecular flexibility index (Phi) is 4.84. The molecule has 0 fully saturated rings. The third-order valence-corrected chi connectivity index (χ3v) is 5.45. The Balaban J connectivity index is 1.88. The van der Waals surface area contributed by atoms with E-state index in [1.165, 1.54) is 0 Å². The van der Waals surface area contributed by atoms with Gasteiger partial charge in [0.15, 0.2) is 11.5 Å². The summed E-state index contributed by atoms with van der Waals surface area (Å²) >= 11 is 0. The maximum Gasteiger partial charge on any atom is 0.229 e. The summed E-state index contributed by atoms with van der Waals surface area (Å²) in [7, 11) is 0. The molecule has 0 aliphatic heterocycles. The van der Waals surface area contributed by atoms with Crippen molar-refractivity contribution in [2.45, 2.75) is 25.0 Å². The molecule has 0 radical (unpaired) electrons. The van der Waals surface area contributed by atoms with Crippen LogP contribution >= 0.6 is 0 Å². The van der Waals surface area contributed by atoms with Crippen LogP contribution in [0.5, 0.6) is 0 Å². The zero-order valence-corrected chi connectivity index (χ0v) is 16.7. The lowest BCUT2D eigenvalue weighted by atomic mass is 9.57. The first-order valence-electron chi connectivity index (χ1n) is 9.83. The monoisotopic (exact) mass is 406 g/mol. The van der Waals surface area contributed by atoms with E-state index in [1.807, 2.05) is 0 Å². The molecule has 2 aliphatic carbocycles. The fraction of sp³-hybridized carbons (Fsp3) is 0.250. The minimum atomic E-state index is -2.55. The van der Waals surface area contributed by atoms with Crippen molar-refractivity contribution >= 4 is 22.7 Å². The molecule has 0 heterocycles. The Morgan fingerprint density at radius 3 is 1.30 bits per heavy atom. The highest BCUT2D eigenvalue weighted by atomic mass is 16.5. The van der Waals surface area contributed by atoms with Crippen LogP contribution in [0.1, 0.15) is 25.0 Å². The normalized spacial score (nSPS) is 25.7. The SMILES string of the molecule is CCOC1=C(c2ccccc2)C(=O)C1(O)C1(O)C(=O)C(c2ccccc2)=C1OCC. The van der Waals surface area contributed by atoms with Crippen LogP contribution in [0.15, 0.2) is 72.2 Å². The van der Waals surface area contributed by atoms with Gasteiger partial charge in [-0.05, 0) is 25.0 Å². The van der Waals surface area contributed by atoms with E-state index in [4.69, 9.17) is 9.47 Å². The van der Waals surface area contributed by atoms with Crippen molar-refractivity contribution in [2.75, 3.05) is 13.2 Å². The molecule has 0 saturated heterocycles. The lowest BCUT2D eigenvalue weighted by Gasteiger charge is -2.52. The van der Waals surface area contributed by atoms with Crippen molar-refractivity contribution in [3.05, 3.63) is 83.3 Å². The largest absolute Gasteiger partial charge is 0.494 e. The lowest BCUT2D eigenvalue weighted by Crippen LogP contribution is -2.74. The topological polar surface area (TPSA) is 93.1 Å². The van der Waals surface area contributed by atoms with Crippen LogP contribution in [0, 0.1) is 0 Å². The van der Waals surface area contributed by atoms with Crippen molar-refractivity contribution < 1.29 is 29.3 Å². The lowest BCUT2D eigenvalue weighted by molar-refractivity contribution is -0.184. The van der Waals surface area contributed by atoms with Crippen molar-refractivity contribution in [1.82, 2.24) is 0 Å². The van der Waals surface area contributed by atoms with Gasteiger partial charge in [-0.1, -0.05) is 60.7 Å². The van der Waals surface area contributed by atoms with Gasteiger partial charge in [0.1, 0.15) is 0 Å². The molecule has 2 aromatic carbocycles. The van der Waals surface area contributed by atoms with E-state index in [-0.39, 0.29) is 35.9 Å². The van der Waals surface area contributed by atoms with Crippen LogP contribution in [-0.4, -0.2) is 46.2 Å². The molecule has 2 unspecified atom stereocenters. The number of rotatable bonds is 7. The zero-order valence-electron chi connectivity index (χ0n) is 16.7. The van der Waals surface area contributed by atoms with Gasteiger partial charge in [-0.25, -0.2) is 0 Å². The second-order valence-corrected chi connectivity index (χ2v) is 7.09. The number of ether oxygens (including phenoxy) is 2. The molecule has 154 valence electrons. The standard InChI is InChI=1S/C24H22O6/c1-3-29-21-17(15-11-7-5-8-12-15)19(25)23(21,27)24(28)20(26)18(22(24)30-4-2)16-13-9-6-10-14-16/h5-14,27-28H,3-4H2,1-2H3. The minimum Gasteiger partial charge on any atom is -0.494 e. The quantitative estimate of drug-likeness (QED) is 0.734. The van der Waals surface area contributed by atoms with Crippen LogP contribution in [0.25, 0.3) is 11.1 Å². The summed E-state index contributed by atoms with van der Waals surface area (Å²) in [6.45, 7) is 3.68. The average molecular weight is 406 g/mol. The summed E-state index contributed by atoms with van der Waals surface area (Å²) in [6.07, 6.45) is 0. The first-order valence-corrected chi connectivity index (χ1v) is 9.83. The number of ketones is 2. The van der Waals surface area contributed by atoms with Gasteiger partial charge in [-0.15, -0.1) is 0 Å². The maximum atomic E-state index is 13.2. The van der Waals surface area contributed by atoms with Crippen LogP contribution in [-0.2, 0) is 19.1 Å². The van der Waals surface area contributed by atoms with Gasteiger partial charge in [0, 0.05) is 0 Å². The molecule has 4 rings (SSSR count). The first-order chi connectivity index (χ1) is 14.4. The van der Waals surface area contributed by atoms with Gasteiger partial charge in [-0.2, -0.15) is 0 Å². The molecule has 0 bridgehead atoms. The molecule has 2 aromatic rings. The molecule has 6 heteroatoms. The van der Waals surface area contributed by atoms with Crippen molar-refractivity contribution in [3.63, 3.8) is 0 Å². The summed E-state index contributed by atoms with van der Waals surface area (Å²) in [4.78, 5) is 26.3. The highest BCUT2D eigenvalue weighted by Crippen LogP contribution is 2.56. The van der Waals surface area contributed by atoms with E-state index < -0.39 is 22.8 Å². The molecule has 0 spiro atoms. The molecule has 0 aromatic heterocycles. The van der Waals surface area contributed by atoms with Crippen molar-refractivity contribution in [1.29, 1.82) is 0 Å². The van der Waals surface area contributed by atoms with Crippen LogP contribution in [0.4, 0.5) is 0 Å². The summed E-state index contributed by atoms with van der Waals surface area (Å²) in [5.74, 6) is -1.81. The van der Waals surface area contributed by atoms with Crippen molar-refractivity contribution in [3.8, 4) is 0 Å². The highest BCUT2D eigenvalue weighted by Gasteiger charge is 2.76. The Morgan fingerprint density at radius 1 is 0.667 bits per heavy atom. The predicted molar refractivity (Wildman–Crippen MR) is 110 cm³/mol. The fourth-order valence-corrected chi connectivity index (χ4v) is 4.04. The van der Waals surface area contributed by atoms with Gasteiger partial charge < -0.3 is 19.7 Å². The Hall–Kier alpha value is -3.22. The summed E-state index contributed by atoms with van der Waals surface area (Å²) in [5, 5.41) is 22.8. The number of aliphatic hydroxyl groups is 2. The molecule has 0 amide bonds. The first kappa shape index (κ1) is 20.1. The van der Waals surface area contributed by atoms with Gasteiger partial charge in [-0.3, -0.25) is 9.59 Å². The van der Waals surface area contributed by atoms with Gasteiger partial charge in [0.2, 0.25) is 22.8 Å². The highest BCUT2D eigenvalue weighted by molar-refractivity contribution is 6.42. The second-order valence-electron chi connectivity index (χ2n) is 7.09. The Bertz CT molecular complexity index is 982. The fourth-order valence-electron chi connectivity index (χ4n) is 4.04. The number of hydrogen-bond acceptors (Lipinski definition) is 6. The number of hydrogen-bond donors (Lipinski definition) is 2. The molecule has 2 aliphatic rings. The Labute approximate surface area is 174 Å². The number of Topliss-reactive ketones (excluding diaryl/α,β-unsaturated/α-hetero) is 2. The second kappa shape index (κ2) is 7.23. The van der Waals surface area contributed by atoms with Crippen LogP contribution < -0.4 is 0 Å². The molecule has 6 nitrogen and oxygen atoms in total. The van der Waals surface area contributed by atoms with E-state index in [0.717, 1.165) is 0 Å². The average Bonchev–Trinajstić information content (AvgIpc) is 2.79. The molecule has 0 saturated carbocycles. The van der Waals surface area contributed by atoms with E-state index in [0.29, 0.717) is 11.1 Å². The van der Waals surface area contributed by atoms with Gasteiger partial charge >= 0.3 is 0 Å². The van der Waals surface area contributed by atoms with E-state index in [1.54, 1.807) is 74.5 Å². The van der Waals surface area contributed by atoms with Crippen LogP contribution in [0.3, 0.4) is 0 Å². The van der Waals surface area contributed by atoms with Crippen molar-refractivity contribution in [2.24, 2.45) is 0 Å². The number of carbonyl (C=O) groups excluding carboxylic acids is 2. The summed E-state index contributed by atoms with van der Waals surface area (Å²) < 4.78 is 11.2. The minimum absolute atomic E-state index is 0.124. The third-order valence-electron chi connectivity index (χ3n) is 5.45. The zero-order chi connectivity index (χ0) is 21.5. The molecule has 2 atom stereocenters. The summed E-state index contributed by atoms with van der Waals surface area (Å²) in [5.41, 5.74) is -3.73. The van der Waals surface area contributed by atoms with Gasteiger partial charge in [0.05, 0.1) is 24.4 Å². The van der Waals surface area contributed by atoms with Crippen LogP contribution in [0.2, 0.25) is 0 Å². The smallest absolute Gasteiger partial charge is 0.229 e.